The number of ether oxygens (including phenoxy) is 4. The third-order valence-electron chi connectivity index (χ3n) is 6.97. The Morgan fingerprint density at radius 3 is 2.16 bits per heavy atom. The molecular weight excluding hydrogens is 484 g/mol. The molecule has 10 heteroatoms. The summed E-state index contributed by atoms with van der Waals surface area (Å²) >= 11 is 0. The Bertz CT molecular complexity index is 781. The van der Waals surface area contributed by atoms with Crippen molar-refractivity contribution in [1.29, 1.82) is 0 Å². The summed E-state index contributed by atoms with van der Waals surface area (Å²) in [6.07, 6.45) is -4.62. The van der Waals surface area contributed by atoms with Gasteiger partial charge in [0, 0.05) is 0 Å². The van der Waals surface area contributed by atoms with E-state index in [1.165, 1.54) is 18.1 Å². The molecular formula is C27H46O10. The van der Waals surface area contributed by atoms with Crippen molar-refractivity contribution in [3.63, 3.8) is 0 Å². The molecule has 0 spiro atoms. The first kappa shape index (κ1) is 32.0. The minimum Gasteiger partial charge on any atom is -0.394 e. The molecule has 2 heterocycles. The van der Waals surface area contributed by atoms with Crippen LogP contribution in [0.3, 0.4) is 0 Å². The third-order valence-corrected chi connectivity index (χ3v) is 6.97. The summed E-state index contributed by atoms with van der Waals surface area (Å²) in [5, 5.41) is 61.4. The van der Waals surface area contributed by atoms with Gasteiger partial charge in [0.2, 0.25) is 0 Å². The van der Waals surface area contributed by atoms with Crippen LogP contribution >= 0.6 is 0 Å². The van der Waals surface area contributed by atoms with Crippen molar-refractivity contribution < 1.29 is 49.6 Å². The maximum absolute atomic E-state index is 10.8. The summed E-state index contributed by atoms with van der Waals surface area (Å²) in [4.78, 5) is 0. The second-order valence-corrected chi connectivity index (χ2v) is 10.5. The van der Waals surface area contributed by atoms with Gasteiger partial charge in [-0.15, -0.1) is 6.58 Å². The molecule has 214 valence electrons. The first-order valence-corrected chi connectivity index (χ1v) is 12.9. The van der Waals surface area contributed by atoms with Crippen molar-refractivity contribution in [1.82, 2.24) is 0 Å². The molecule has 0 amide bonds. The van der Waals surface area contributed by atoms with Gasteiger partial charge in [0.25, 0.3) is 0 Å². The molecule has 0 unspecified atom stereocenters. The van der Waals surface area contributed by atoms with E-state index in [-0.39, 0.29) is 0 Å². The molecule has 0 saturated carbocycles. The topological polar surface area (TPSA) is 158 Å². The summed E-state index contributed by atoms with van der Waals surface area (Å²) in [6.45, 7) is 12.8. The number of hydrogen-bond donors (Lipinski definition) is 6. The normalized spacial score (nSPS) is 38.6. The number of hydrogen-bond acceptors (Lipinski definition) is 10. The van der Waals surface area contributed by atoms with Gasteiger partial charge in [0.05, 0.1) is 18.3 Å². The number of aliphatic hydroxyl groups excluding tert-OH is 6. The zero-order valence-corrected chi connectivity index (χ0v) is 22.6. The number of allylic oxidation sites excluding steroid dienone is 4. The Labute approximate surface area is 219 Å². The summed E-state index contributed by atoms with van der Waals surface area (Å²) in [6, 6.07) is 0. The van der Waals surface area contributed by atoms with Crippen LogP contribution in [0.4, 0.5) is 0 Å². The highest BCUT2D eigenvalue weighted by molar-refractivity contribution is 5.04. The van der Waals surface area contributed by atoms with E-state index in [9.17, 15) is 30.6 Å². The lowest BCUT2D eigenvalue weighted by Gasteiger charge is -2.47. The standard InChI is InChI=1S/C27H46O10/c1-7-27(6,13-9-12-16(4)11-8-10-15(2)3)37-26-24(22(32)20(30)18(14-28)35-26)36-25-23(33)21(31)19(29)17(5)34-25/h7,10,12,17-26,28-33H,1,8-9,11,13-14H2,2-6H3/b16-12-/t17-,18+,19-,20+,21+,22-,23+,24+,25-,26-,27+/m0/s1. The first-order valence-electron chi connectivity index (χ1n) is 12.9. The van der Waals surface area contributed by atoms with Crippen molar-refractivity contribution >= 4 is 0 Å². The minimum atomic E-state index is -1.63. The molecule has 0 aliphatic carbocycles. The average molecular weight is 531 g/mol. The number of rotatable bonds is 12. The lowest BCUT2D eigenvalue weighted by molar-refractivity contribution is -0.373. The minimum absolute atomic E-state index is 0.524. The van der Waals surface area contributed by atoms with Gasteiger partial charge >= 0.3 is 0 Å². The fraction of sp³-hybridized carbons (Fsp3) is 0.778. The van der Waals surface area contributed by atoms with E-state index in [2.05, 4.69) is 39.5 Å². The molecule has 10 nitrogen and oxygen atoms in total. The molecule has 37 heavy (non-hydrogen) atoms. The molecule has 2 rings (SSSR count). The van der Waals surface area contributed by atoms with Gasteiger partial charge in [0.1, 0.15) is 42.7 Å². The summed E-state index contributed by atoms with van der Waals surface area (Å²) in [5.74, 6) is 0. The van der Waals surface area contributed by atoms with Gasteiger partial charge < -0.3 is 49.6 Å². The van der Waals surface area contributed by atoms with Crippen LogP contribution in [0, 0.1) is 0 Å². The molecule has 0 aromatic heterocycles. The van der Waals surface area contributed by atoms with E-state index < -0.39 is 73.6 Å². The highest BCUT2D eigenvalue weighted by Gasteiger charge is 2.51. The van der Waals surface area contributed by atoms with Crippen LogP contribution in [0.25, 0.3) is 0 Å². The third kappa shape index (κ3) is 8.66. The van der Waals surface area contributed by atoms with Crippen molar-refractivity contribution in [3.8, 4) is 0 Å². The van der Waals surface area contributed by atoms with E-state index >= 15 is 0 Å². The highest BCUT2D eigenvalue weighted by atomic mass is 16.8. The predicted octanol–water partition coefficient (Wildman–Crippen LogP) is 1.07. The fourth-order valence-electron chi connectivity index (χ4n) is 4.35. The Morgan fingerprint density at radius 1 is 0.892 bits per heavy atom. The van der Waals surface area contributed by atoms with Crippen molar-refractivity contribution in [2.45, 2.75) is 127 Å². The van der Waals surface area contributed by atoms with E-state index in [1.54, 1.807) is 13.0 Å². The lowest BCUT2D eigenvalue weighted by Crippen LogP contribution is -2.64. The smallest absolute Gasteiger partial charge is 0.188 e. The second-order valence-electron chi connectivity index (χ2n) is 10.5. The van der Waals surface area contributed by atoms with Crippen molar-refractivity contribution in [2.75, 3.05) is 6.61 Å². The van der Waals surface area contributed by atoms with Gasteiger partial charge in [0.15, 0.2) is 12.6 Å². The van der Waals surface area contributed by atoms with E-state index in [0.29, 0.717) is 12.8 Å². The number of aliphatic hydroxyl groups is 6. The van der Waals surface area contributed by atoms with Crippen LogP contribution in [0.5, 0.6) is 0 Å². The predicted molar refractivity (Wildman–Crippen MR) is 136 cm³/mol. The maximum Gasteiger partial charge on any atom is 0.188 e. The van der Waals surface area contributed by atoms with Crippen LogP contribution in [0.1, 0.15) is 60.3 Å². The van der Waals surface area contributed by atoms with E-state index in [1.807, 2.05) is 0 Å². The quantitative estimate of drug-likeness (QED) is 0.202. The van der Waals surface area contributed by atoms with Crippen LogP contribution in [-0.4, -0.2) is 104 Å². The second kappa shape index (κ2) is 14.3. The Hall–Kier alpha value is -1.18. The zero-order valence-electron chi connectivity index (χ0n) is 22.6. The summed E-state index contributed by atoms with van der Waals surface area (Å²) < 4.78 is 23.2. The van der Waals surface area contributed by atoms with Crippen molar-refractivity contribution in [2.24, 2.45) is 0 Å². The Balaban J connectivity index is 2.15. The zero-order chi connectivity index (χ0) is 27.9. The molecule has 0 radical (unpaired) electrons. The van der Waals surface area contributed by atoms with Gasteiger partial charge in [-0.3, -0.25) is 0 Å². The molecule has 2 aliphatic rings. The van der Waals surface area contributed by atoms with Gasteiger partial charge in [-0.1, -0.05) is 29.4 Å². The molecule has 2 aliphatic heterocycles. The fourth-order valence-corrected chi connectivity index (χ4v) is 4.35. The van der Waals surface area contributed by atoms with Crippen LogP contribution in [-0.2, 0) is 18.9 Å². The first-order chi connectivity index (χ1) is 17.3. The summed E-state index contributed by atoms with van der Waals surface area (Å²) in [7, 11) is 0. The lowest BCUT2D eigenvalue weighted by atomic mass is 9.95. The summed E-state index contributed by atoms with van der Waals surface area (Å²) in [5.41, 5.74) is 1.60. The van der Waals surface area contributed by atoms with Crippen LogP contribution in [0.2, 0.25) is 0 Å². The monoisotopic (exact) mass is 530 g/mol. The highest BCUT2D eigenvalue weighted by Crippen LogP contribution is 2.33. The van der Waals surface area contributed by atoms with Crippen molar-refractivity contribution in [3.05, 3.63) is 36.0 Å². The van der Waals surface area contributed by atoms with E-state index in [0.717, 1.165) is 12.8 Å². The Kier molecular flexibility index (Phi) is 12.4. The molecule has 0 bridgehead atoms. The maximum atomic E-state index is 10.8. The Morgan fingerprint density at radius 2 is 1.57 bits per heavy atom. The molecule has 2 saturated heterocycles. The van der Waals surface area contributed by atoms with Crippen LogP contribution in [0.15, 0.2) is 36.0 Å². The van der Waals surface area contributed by atoms with E-state index in [4.69, 9.17) is 18.9 Å². The van der Waals surface area contributed by atoms with Crippen LogP contribution < -0.4 is 0 Å². The SMILES string of the molecule is C=C[C@](C)(CC/C=C(/C)CCC=C(C)C)O[C@@H]1O[C@H](CO)[C@@H](O)[C@H](O)[C@H]1O[C@@H]1O[C@@H](C)[C@H](O)[C@@H](O)[C@H]1O. The molecule has 0 aromatic carbocycles. The molecule has 0 aromatic rings. The molecule has 6 N–H and O–H groups in total. The van der Waals surface area contributed by atoms with Gasteiger partial charge in [-0.25, -0.2) is 0 Å². The molecule has 11 atom stereocenters. The molecule has 2 fully saturated rings. The average Bonchev–Trinajstić information content (AvgIpc) is 2.85. The largest absolute Gasteiger partial charge is 0.394 e. The van der Waals surface area contributed by atoms with Gasteiger partial charge in [-0.05, 0) is 60.3 Å². The van der Waals surface area contributed by atoms with Gasteiger partial charge in [-0.2, -0.15) is 0 Å².